The lowest BCUT2D eigenvalue weighted by molar-refractivity contribution is 0.0152. The second-order valence-electron chi connectivity index (χ2n) is 11.7. The predicted octanol–water partition coefficient (Wildman–Crippen LogP) is 6.59. The van der Waals surface area contributed by atoms with E-state index in [4.69, 9.17) is 10.5 Å². The minimum Gasteiger partial charge on any atom is -0.492 e. The number of hydrogen-bond acceptors (Lipinski definition) is 5. The van der Waals surface area contributed by atoms with Crippen molar-refractivity contribution in [1.29, 1.82) is 0 Å². The molecule has 4 rings (SSSR count). The van der Waals surface area contributed by atoms with Gasteiger partial charge in [-0.25, -0.2) is 9.38 Å². The molecular weight excluding hydrogens is 503 g/mol. The molecule has 1 spiro atoms. The van der Waals surface area contributed by atoms with Crippen molar-refractivity contribution in [1.82, 2.24) is 10.6 Å². The number of benzene rings is 1. The highest BCUT2D eigenvalue weighted by molar-refractivity contribution is 5.94. The van der Waals surface area contributed by atoms with Crippen LogP contribution in [0.2, 0.25) is 0 Å². The zero-order valence-corrected chi connectivity index (χ0v) is 24.1. The van der Waals surface area contributed by atoms with Gasteiger partial charge in [0.15, 0.2) is 0 Å². The first-order valence-electron chi connectivity index (χ1n) is 14.3. The summed E-state index contributed by atoms with van der Waals surface area (Å²) in [6.45, 7) is 14.7. The first-order valence-corrected chi connectivity index (χ1v) is 14.3. The van der Waals surface area contributed by atoms with E-state index < -0.39 is 5.82 Å². The Bertz CT molecular complexity index is 1270. The van der Waals surface area contributed by atoms with Crippen molar-refractivity contribution in [2.45, 2.75) is 78.3 Å². The lowest BCUT2D eigenvalue weighted by Gasteiger charge is -2.50. The van der Waals surface area contributed by atoms with Crippen LogP contribution in [0.15, 0.2) is 82.5 Å². The third-order valence-corrected chi connectivity index (χ3v) is 8.49. The number of halogens is 1. The smallest absolute Gasteiger partial charge is 0.251 e. The number of ether oxygens (including phenoxy) is 1. The summed E-state index contributed by atoms with van der Waals surface area (Å²) in [5, 5.41) is 6.56. The van der Waals surface area contributed by atoms with Gasteiger partial charge >= 0.3 is 0 Å². The molecule has 3 fully saturated rings. The second-order valence-corrected chi connectivity index (χ2v) is 11.7. The number of allylic oxidation sites excluding steroid dienone is 6. The molecule has 1 saturated heterocycles. The minimum absolute atomic E-state index is 0.162. The van der Waals surface area contributed by atoms with E-state index in [0.29, 0.717) is 29.7 Å². The maximum atomic E-state index is 14.5. The number of nitrogens with one attached hydrogen (secondary N) is 2. The third kappa shape index (κ3) is 7.12. The molecule has 40 heavy (non-hydrogen) atoms. The van der Waals surface area contributed by atoms with Gasteiger partial charge < -0.3 is 21.1 Å². The van der Waals surface area contributed by atoms with Gasteiger partial charge in [-0.3, -0.25) is 4.79 Å². The first-order chi connectivity index (χ1) is 19.1. The van der Waals surface area contributed by atoms with Crippen LogP contribution in [0.3, 0.4) is 0 Å². The van der Waals surface area contributed by atoms with Crippen molar-refractivity contribution < 1.29 is 13.9 Å². The normalized spacial score (nSPS) is 27.1. The molecule has 0 atom stereocenters. The summed E-state index contributed by atoms with van der Waals surface area (Å²) in [6.07, 6.45) is 12.9. The van der Waals surface area contributed by atoms with Crippen LogP contribution < -0.4 is 16.4 Å². The number of aliphatic imine (C=N–C) groups is 1. The Hall–Kier alpha value is -3.61. The zero-order valence-electron chi connectivity index (χ0n) is 24.1. The van der Waals surface area contributed by atoms with Gasteiger partial charge in [-0.05, 0) is 99.1 Å². The fourth-order valence-corrected chi connectivity index (χ4v) is 6.52. The van der Waals surface area contributed by atoms with Gasteiger partial charge in [0, 0.05) is 47.6 Å². The summed E-state index contributed by atoms with van der Waals surface area (Å²) in [5.41, 5.74) is 10.9. The molecule has 6 nitrogen and oxygen atoms in total. The molecule has 3 aliphatic rings. The summed E-state index contributed by atoms with van der Waals surface area (Å²) >= 11 is 0. The third-order valence-electron chi connectivity index (χ3n) is 8.49. The molecule has 214 valence electrons. The number of nitrogens with two attached hydrogens (primary N) is 1. The Morgan fingerprint density at radius 2 is 1.98 bits per heavy atom. The van der Waals surface area contributed by atoms with Crippen LogP contribution in [0, 0.1) is 17.2 Å². The highest BCUT2D eigenvalue weighted by Gasteiger charge is 2.44. The molecule has 0 bridgehead atoms. The Morgan fingerprint density at radius 3 is 2.62 bits per heavy atom. The standard InChI is InChI=1S/C33H43FN4O2/c1-6-29(22(3)9-13-36-24(5)35)31-30(10-14-40-31)23(4)37-20-25-15-26(17-27(34)16-25)32(39)38-28-7-11-33(12-8-28)18-21(2)19-33/h6,9,13,15-17,21,28,37H,1,5,7-8,10-12,14,18-20,35H2,2-4H3,(H,38,39)/b22-9+,30-23+,31-29-,36-13?. The summed E-state index contributed by atoms with van der Waals surface area (Å²) in [4.78, 5) is 17.0. The molecule has 1 amide bonds. The fourth-order valence-electron chi connectivity index (χ4n) is 6.52. The largest absolute Gasteiger partial charge is 0.492 e. The van der Waals surface area contributed by atoms with Gasteiger partial charge in [0.05, 0.1) is 6.61 Å². The van der Waals surface area contributed by atoms with Gasteiger partial charge in [-0.15, -0.1) is 0 Å². The number of carbonyl (C=O) groups excluding carboxylic acids is 1. The number of nitrogens with zero attached hydrogens (tertiary/aromatic N) is 1. The van der Waals surface area contributed by atoms with Crippen LogP contribution in [0.1, 0.15) is 81.6 Å². The summed E-state index contributed by atoms with van der Waals surface area (Å²) in [7, 11) is 0. The van der Waals surface area contributed by atoms with Crippen LogP contribution in [-0.4, -0.2) is 24.8 Å². The number of amides is 1. The average Bonchev–Trinajstić information content (AvgIpc) is 3.37. The second kappa shape index (κ2) is 12.7. The van der Waals surface area contributed by atoms with Crippen LogP contribution >= 0.6 is 0 Å². The Kier molecular flexibility index (Phi) is 9.33. The van der Waals surface area contributed by atoms with Crippen molar-refractivity contribution in [2.24, 2.45) is 22.1 Å². The Labute approximate surface area is 238 Å². The Morgan fingerprint density at radius 1 is 1.25 bits per heavy atom. The molecule has 0 unspecified atom stereocenters. The summed E-state index contributed by atoms with van der Waals surface area (Å²) < 4.78 is 20.5. The molecule has 7 heteroatoms. The van der Waals surface area contributed by atoms with E-state index in [2.05, 4.69) is 35.7 Å². The van der Waals surface area contributed by atoms with E-state index in [9.17, 15) is 9.18 Å². The van der Waals surface area contributed by atoms with Gasteiger partial charge in [0.1, 0.15) is 17.4 Å². The van der Waals surface area contributed by atoms with Crippen LogP contribution in [0.5, 0.6) is 0 Å². The predicted molar refractivity (Wildman–Crippen MR) is 160 cm³/mol. The molecule has 1 heterocycles. The number of carbonyl (C=O) groups is 1. The van der Waals surface area contributed by atoms with Crippen LogP contribution in [0.25, 0.3) is 0 Å². The quantitative estimate of drug-likeness (QED) is 0.305. The van der Waals surface area contributed by atoms with Crippen LogP contribution in [0.4, 0.5) is 4.39 Å². The van der Waals surface area contributed by atoms with E-state index in [-0.39, 0.29) is 17.8 Å². The molecule has 2 saturated carbocycles. The lowest BCUT2D eigenvalue weighted by Crippen LogP contribution is -2.45. The zero-order chi connectivity index (χ0) is 28.9. The van der Waals surface area contributed by atoms with Crippen molar-refractivity contribution in [2.75, 3.05) is 6.61 Å². The Balaban J connectivity index is 1.42. The van der Waals surface area contributed by atoms with Crippen molar-refractivity contribution in [3.63, 3.8) is 0 Å². The van der Waals surface area contributed by atoms with Crippen molar-refractivity contribution in [3.05, 3.63) is 94.4 Å². The van der Waals surface area contributed by atoms with Gasteiger partial charge in [-0.2, -0.15) is 0 Å². The van der Waals surface area contributed by atoms with Crippen molar-refractivity contribution >= 4 is 12.1 Å². The SMILES string of the molecule is C=CC(=C1/OCC/C1=C(/C)NCc1cc(F)cc(C(=O)NC2CCC3(CC2)CC(C)C3)c1)/C(C)=C/C=NC(=C)N. The van der Waals surface area contributed by atoms with E-state index in [1.165, 1.54) is 37.8 Å². The van der Waals surface area contributed by atoms with Crippen LogP contribution in [-0.2, 0) is 11.3 Å². The highest BCUT2D eigenvalue weighted by Crippen LogP contribution is 2.54. The molecule has 2 aliphatic carbocycles. The number of hydrogen-bond donors (Lipinski definition) is 3. The van der Waals surface area contributed by atoms with Gasteiger partial charge in [0.25, 0.3) is 5.91 Å². The minimum atomic E-state index is -0.415. The number of rotatable bonds is 9. The first kappa shape index (κ1) is 29.4. The summed E-state index contributed by atoms with van der Waals surface area (Å²) in [5.74, 6) is 1.22. The topological polar surface area (TPSA) is 88.7 Å². The molecule has 4 N–H and O–H groups in total. The average molecular weight is 547 g/mol. The van der Waals surface area contributed by atoms with E-state index >= 15 is 0 Å². The maximum Gasteiger partial charge on any atom is 0.251 e. The van der Waals surface area contributed by atoms with E-state index in [1.54, 1.807) is 18.4 Å². The summed E-state index contributed by atoms with van der Waals surface area (Å²) in [6, 6.07) is 4.73. The van der Waals surface area contributed by atoms with Gasteiger partial charge in [0.2, 0.25) is 0 Å². The van der Waals surface area contributed by atoms with Crippen molar-refractivity contribution in [3.8, 4) is 0 Å². The van der Waals surface area contributed by atoms with E-state index in [0.717, 1.165) is 53.4 Å². The fraction of sp³-hybridized carbons (Fsp3) is 0.455. The lowest BCUT2D eigenvalue weighted by atomic mass is 9.56. The molecular formula is C33H43FN4O2. The highest BCUT2D eigenvalue weighted by atomic mass is 19.1. The molecule has 1 aliphatic heterocycles. The molecule has 1 aromatic rings. The molecule has 0 radical (unpaired) electrons. The van der Waals surface area contributed by atoms with Gasteiger partial charge in [-0.1, -0.05) is 26.2 Å². The maximum absolute atomic E-state index is 14.5. The van der Waals surface area contributed by atoms with E-state index in [1.807, 2.05) is 19.9 Å². The monoisotopic (exact) mass is 546 g/mol. The molecule has 0 aromatic heterocycles. The molecule has 1 aromatic carbocycles.